The third-order valence-corrected chi connectivity index (χ3v) is 5.97. The lowest BCUT2D eigenvalue weighted by Gasteiger charge is -2.37. The molecule has 33 heavy (non-hydrogen) atoms. The van der Waals surface area contributed by atoms with Gasteiger partial charge in [-0.3, -0.25) is 9.69 Å². The molecule has 3 fully saturated rings. The van der Waals surface area contributed by atoms with Crippen LogP contribution in [0.1, 0.15) is 19.8 Å². The number of anilines is 1. The molecule has 0 saturated carbocycles. The number of halogens is 1. The van der Waals surface area contributed by atoms with Gasteiger partial charge in [-0.25, -0.2) is 14.0 Å². The standard InChI is InChI=1S/C22H29FN4O6/c1-15(28)24-13-18-14-27(22(30)33-18)16-2-3-20(19(23)12-16)32-17-4-6-25(7-5-17)21(29)26-8-10-31-11-9-26/h2-3,12,17-18H,4-11,13-14H2,1H3,(H,24,28)/t18-/m0/s1. The fourth-order valence-electron chi connectivity index (χ4n) is 4.15. The third kappa shape index (κ3) is 5.65. The molecule has 11 heteroatoms. The number of likely N-dealkylation sites (tertiary alicyclic amines) is 1. The zero-order chi connectivity index (χ0) is 23.4. The number of piperidine rings is 1. The number of hydrogen-bond acceptors (Lipinski definition) is 6. The maximum absolute atomic E-state index is 14.7. The van der Waals surface area contributed by atoms with Gasteiger partial charge in [-0.1, -0.05) is 0 Å². The molecule has 0 radical (unpaired) electrons. The minimum atomic E-state index is -0.587. The molecular weight excluding hydrogens is 435 g/mol. The fourth-order valence-corrected chi connectivity index (χ4v) is 4.15. The van der Waals surface area contributed by atoms with Crippen LogP contribution < -0.4 is 15.0 Å². The molecule has 3 heterocycles. The van der Waals surface area contributed by atoms with E-state index in [0.29, 0.717) is 57.9 Å². The Morgan fingerprint density at radius 3 is 2.52 bits per heavy atom. The fraction of sp³-hybridized carbons (Fsp3) is 0.591. The number of carbonyl (C=O) groups is 3. The van der Waals surface area contributed by atoms with Crippen LogP contribution in [0.3, 0.4) is 0 Å². The normalized spacial score (nSPS) is 21.7. The molecule has 0 spiro atoms. The molecule has 180 valence electrons. The lowest BCUT2D eigenvalue weighted by Crippen LogP contribution is -2.51. The molecule has 3 aliphatic rings. The van der Waals surface area contributed by atoms with Crippen LogP contribution >= 0.6 is 0 Å². The predicted molar refractivity (Wildman–Crippen MR) is 116 cm³/mol. The van der Waals surface area contributed by atoms with Crippen LogP contribution in [0.4, 0.5) is 19.7 Å². The van der Waals surface area contributed by atoms with Crippen LogP contribution in [-0.4, -0.2) is 92.5 Å². The van der Waals surface area contributed by atoms with Gasteiger partial charge in [0.2, 0.25) is 5.91 Å². The van der Waals surface area contributed by atoms with E-state index in [0.717, 1.165) is 0 Å². The predicted octanol–water partition coefficient (Wildman–Crippen LogP) is 1.58. The number of amides is 4. The van der Waals surface area contributed by atoms with Crippen molar-refractivity contribution in [2.45, 2.75) is 32.0 Å². The topological polar surface area (TPSA) is 101 Å². The van der Waals surface area contributed by atoms with Crippen molar-refractivity contribution in [3.63, 3.8) is 0 Å². The SMILES string of the molecule is CC(=O)NC[C@H]1CN(c2ccc(OC3CCN(C(=O)N4CCOCC4)CC3)c(F)c2)C(=O)O1. The molecule has 0 bridgehead atoms. The van der Waals surface area contributed by atoms with Gasteiger partial charge in [0, 0.05) is 52.0 Å². The number of urea groups is 1. The summed E-state index contributed by atoms with van der Waals surface area (Å²) in [6, 6.07) is 4.37. The minimum Gasteiger partial charge on any atom is -0.487 e. The van der Waals surface area contributed by atoms with Crippen LogP contribution in [0, 0.1) is 5.82 Å². The summed E-state index contributed by atoms with van der Waals surface area (Å²) in [4.78, 5) is 40.7. The number of morpholine rings is 1. The van der Waals surface area contributed by atoms with Crippen LogP contribution in [-0.2, 0) is 14.3 Å². The van der Waals surface area contributed by atoms with E-state index in [2.05, 4.69) is 5.32 Å². The second-order valence-electron chi connectivity index (χ2n) is 8.35. The first-order valence-electron chi connectivity index (χ1n) is 11.2. The van der Waals surface area contributed by atoms with Gasteiger partial charge in [-0.05, 0) is 12.1 Å². The smallest absolute Gasteiger partial charge is 0.414 e. The maximum atomic E-state index is 14.7. The molecule has 3 saturated heterocycles. The molecule has 0 unspecified atom stereocenters. The number of benzene rings is 1. The van der Waals surface area contributed by atoms with Gasteiger partial charge in [0.1, 0.15) is 12.2 Å². The lowest BCUT2D eigenvalue weighted by molar-refractivity contribution is -0.119. The quantitative estimate of drug-likeness (QED) is 0.710. The van der Waals surface area contributed by atoms with Gasteiger partial charge in [0.15, 0.2) is 11.6 Å². The summed E-state index contributed by atoms with van der Waals surface area (Å²) in [7, 11) is 0. The van der Waals surface area contributed by atoms with E-state index >= 15 is 0 Å². The van der Waals surface area contributed by atoms with E-state index in [1.807, 2.05) is 0 Å². The van der Waals surface area contributed by atoms with Gasteiger partial charge >= 0.3 is 12.1 Å². The minimum absolute atomic E-state index is 0.0154. The molecule has 1 N–H and O–H groups in total. The average Bonchev–Trinajstić information content (AvgIpc) is 3.20. The van der Waals surface area contributed by atoms with E-state index in [-0.39, 0.29) is 36.9 Å². The van der Waals surface area contributed by atoms with Crippen molar-refractivity contribution < 1.29 is 33.0 Å². The number of nitrogens with zero attached hydrogens (tertiary/aromatic N) is 3. The second kappa shape index (κ2) is 10.2. The first-order chi connectivity index (χ1) is 15.9. The van der Waals surface area contributed by atoms with Gasteiger partial charge in [0.05, 0.1) is 32.0 Å². The van der Waals surface area contributed by atoms with Crippen molar-refractivity contribution in [3.8, 4) is 5.75 Å². The van der Waals surface area contributed by atoms with Gasteiger partial charge in [-0.15, -0.1) is 0 Å². The molecule has 4 amide bonds. The van der Waals surface area contributed by atoms with E-state index in [1.54, 1.807) is 15.9 Å². The molecule has 0 aromatic heterocycles. The Hall–Kier alpha value is -3.08. The van der Waals surface area contributed by atoms with Crippen LogP contribution in [0.15, 0.2) is 18.2 Å². The molecule has 1 atom stereocenters. The lowest BCUT2D eigenvalue weighted by atomic mass is 10.1. The molecule has 10 nitrogen and oxygen atoms in total. The highest BCUT2D eigenvalue weighted by Crippen LogP contribution is 2.29. The molecule has 1 aromatic rings. The van der Waals surface area contributed by atoms with Crippen LogP contribution in [0.5, 0.6) is 5.75 Å². The Bertz CT molecular complexity index is 886. The van der Waals surface area contributed by atoms with Crippen molar-refractivity contribution in [1.29, 1.82) is 0 Å². The summed E-state index contributed by atoms with van der Waals surface area (Å²) in [6.45, 7) is 5.23. The number of rotatable bonds is 5. The molecule has 4 rings (SSSR count). The monoisotopic (exact) mass is 464 g/mol. The Balaban J connectivity index is 1.29. The summed E-state index contributed by atoms with van der Waals surface area (Å²) >= 11 is 0. The van der Waals surface area contributed by atoms with E-state index < -0.39 is 18.0 Å². The summed E-state index contributed by atoms with van der Waals surface area (Å²) in [5, 5.41) is 2.60. The van der Waals surface area contributed by atoms with Crippen molar-refractivity contribution >= 4 is 23.7 Å². The van der Waals surface area contributed by atoms with Gasteiger partial charge < -0.3 is 29.3 Å². The maximum Gasteiger partial charge on any atom is 0.414 e. The Morgan fingerprint density at radius 1 is 1.15 bits per heavy atom. The second-order valence-corrected chi connectivity index (χ2v) is 8.35. The van der Waals surface area contributed by atoms with Gasteiger partial charge in [-0.2, -0.15) is 0 Å². The number of nitrogens with one attached hydrogen (secondary N) is 1. The zero-order valence-corrected chi connectivity index (χ0v) is 18.6. The highest BCUT2D eigenvalue weighted by molar-refractivity contribution is 5.90. The Morgan fingerprint density at radius 2 is 1.85 bits per heavy atom. The largest absolute Gasteiger partial charge is 0.487 e. The molecule has 0 aliphatic carbocycles. The summed E-state index contributed by atoms with van der Waals surface area (Å²) in [5.74, 6) is -0.676. The van der Waals surface area contributed by atoms with Crippen molar-refractivity contribution in [1.82, 2.24) is 15.1 Å². The van der Waals surface area contributed by atoms with E-state index in [4.69, 9.17) is 14.2 Å². The zero-order valence-electron chi connectivity index (χ0n) is 18.6. The van der Waals surface area contributed by atoms with Crippen molar-refractivity contribution in [2.75, 3.05) is 57.4 Å². The number of carbonyl (C=O) groups excluding carboxylic acids is 3. The van der Waals surface area contributed by atoms with Crippen molar-refractivity contribution in [3.05, 3.63) is 24.0 Å². The third-order valence-electron chi connectivity index (χ3n) is 5.97. The van der Waals surface area contributed by atoms with E-state index in [1.165, 1.54) is 24.0 Å². The highest BCUT2D eigenvalue weighted by Gasteiger charge is 2.33. The van der Waals surface area contributed by atoms with Crippen LogP contribution in [0.2, 0.25) is 0 Å². The first-order valence-corrected chi connectivity index (χ1v) is 11.2. The number of cyclic esters (lactones) is 1. The van der Waals surface area contributed by atoms with E-state index in [9.17, 15) is 18.8 Å². The summed E-state index contributed by atoms with van der Waals surface area (Å²) in [6.07, 6.45) is -0.0551. The highest BCUT2D eigenvalue weighted by atomic mass is 19.1. The van der Waals surface area contributed by atoms with Gasteiger partial charge in [0.25, 0.3) is 0 Å². The Labute approximate surface area is 191 Å². The summed E-state index contributed by atoms with van der Waals surface area (Å²) in [5.41, 5.74) is 0.362. The van der Waals surface area contributed by atoms with Crippen LogP contribution in [0.25, 0.3) is 0 Å². The number of ether oxygens (including phenoxy) is 3. The average molecular weight is 464 g/mol. The Kier molecular flexibility index (Phi) is 7.17. The number of hydrogen-bond donors (Lipinski definition) is 1. The first kappa shape index (κ1) is 23.1. The summed E-state index contributed by atoms with van der Waals surface area (Å²) < 4.78 is 31.1. The van der Waals surface area contributed by atoms with Crippen molar-refractivity contribution in [2.24, 2.45) is 0 Å². The molecular formula is C22H29FN4O6. The molecule has 1 aromatic carbocycles. The molecule has 3 aliphatic heterocycles.